The third kappa shape index (κ3) is 6.35. The standard InChI is InChI=1S/C70H55NS2/c1-67(2,3)46-32-38-64-60(40-46)70(61-41-47(68(4,5)6)33-39-65(61)72-64)57-29-17-14-25-51(57)53-37-35-49(43-59(53)70)71(62-30-19-27-55-54-26-15-18-31-63(54)73-66(55)62)48-34-36-52-50-24-13-16-28-56(50)69(58(52)42-48,44-20-9-7-10-21-44)45-22-11-8-12-23-45/h7-43H,1-6H3. The van der Waals surface area contributed by atoms with Crippen LogP contribution in [0.5, 0.6) is 0 Å². The Kier molecular flexibility index (Phi) is 9.73. The minimum atomic E-state index is -0.578. The van der Waals surface area contributed by atoms with Crippen molar-refractivity contribution in [1.29, 1.82) is 0 Å². The van der Waals surface area contributed by atoms with Crippen LogP contribution >= 0.6 is 23.1 Å². The van der Waals surface area contributed by atoms with Crippen molar-refractivity contribution in [2.45, 2.75) is 73.0 Å². The van der Waals surface area contributed by atoms with E-state index >= 15 is 0 Å². The Bertz CT molecular complexity index is 3930. The lowest BCUT2D eigenvalue weighted by Crippen LogP contribution is -2.33. The van der Waals surface area contributed by atoms with Crippen LogP contribution in [-0.4, -0.2) is 0 Å². The first-order chi connectivity index (χ1) is 35.5. The molecule has 10 aromatic carbocycles. The van der Waals surface area contributed by atoms with Crippen molar-refractivity contribution < 1.29 is 0 Å². The normalized spacial score (nSPS) is 14.6. The van der Waals surface area contributed by atoms with E-state index in [1.807, 2.05) is 23.1 Å². The van der Waals surface area contributed by atoms with Crippen LogP contribution in [0.4, 0.5) is 17.1 Å². The molecular weight excluding hydrogens is 919 g/mol. The minimum absolute atomic E-state index is 0.0428. The summed E-state index contributed by atoms with van der Waals surface area (Å²) in [6.07, 6.45) is 0. The van der Waals surface area contributed by atoms with E-state index in [9.17, 15) is 0 Å². The maximum Gasteiger partial charge on any atom is 0.0736 e. The molecule has 0 bridgehead atoms. The summed E-state index contributed by atoms with van der Waals surface area (Å²) in [5.41, 5.74) is 20.6. The van der Waals surface area contributed by atoms with Gasteiger partial charge in [-0.25, -0.2) is 0 Å². The number of fused-ring (bicyclic) bond motifs is 15. The van der Waals surface area contributed by atoms with Crippen molar-refractivity contribution in [1.82, 2.24) is 0 Å². The monoisotopic (exact) mass is 973 g/mol. The Morgan fingerprint density at radius 3 is 1.38 bits per heavy atom. The van der Waals surface area contributed by atoms with E-state index in [1.54, 1.807) is 0 Å². The fraction of sp³-hybridized carbons (Fsp3) is 0.143. The van der Waals surface area contributed by atoms with Gasteiger partial charge in [-0.1, -0.05) is 229 Å². The highest BCUT2D eigenvalue weighted by Crippen LogP contribution is 2.64. The number of nitrogens with zero attached hydrogens (tertiary/aromatic N) is 1. The second-order valence-corrected chi connectivity index (χ2v) is 24.5. The molecule has 0 saturated heterocycles. The molecule has 3 aliphatic rings. The van der Waals surface area contributed by atoms with Gasteiger partial charge in [0, 0.05) is 36.6 Å². The minimum Gasteiger partial charge on any atom is -0.309 e. The van der Waals surface area contributed by atoms with Gasteiger partial charge in [0.05, 0.1) is 21.2 Å². The van der Waals surface area contributed by atoms with Crippen LogP contribution in [0, 0.1) is 0 Å². The van der Waals surface area contributed by atoms with Gasteiger partial charge in [-0.2, -0.15) is 0 Å². The molecule has 2 heterocycles. The van der Waals surface area contributed by atoms with Gasteiger partial charge < -0.3 is 4.90 Å². The van der Waals surface area contributed by atoms with E-state index < -0.39 is 10.8 Å². The van der Waals surface area contributed by atoms with Crippen LogP contribution in [0.1, 0.15) is 97.2 Å². The Morgan fingerprint density at radius 1 is 0.356 bits per heavy atom. The van der Waals surface area contributed by atoms with Crippen LogP contribution < -0.4 is 4.90 Å². The van der Waals surface area contributed by atoms with Crippen molar-refractivity contribution in [3.05, 3.63) is 280 Å². The first-order valence-corrected chi connectivity index (χ1v) is 27.4. The fourth-order valence-corrected chi connectivity index (χ4v) is 15.3. The zero-order valence-electron chi connectivity index (χ0n) is 42.1. The van der Waals surface area contributed by atoms with Gasteiger partial charge in [-0.05, 0) is 137 Å². The summed E-state index contributed by atoms with van der Waals surface area (Å²) >= 11 is 3.83. The topological polar surface area (TPSA) is 3.24 Å². The second kappa shape index (κ2) is 16.0. The largest absolute Gasteiger partial charge is 0.309 e. The second-order valence-electron chi connectivity index (χ2n) is 22.4. The van der Waals surface area contributed by atoms with Gasteiger partial charge in [0.1, 0.15) is 0 Å². The van der Waals surface area contributed by atoms with Gasteiger partial charge in [0.25, 0.3) is 0 Å². The molecular formula is C70H55NS2. The van der Waals surface area contributed by atoms with Crippen molar-refractivity contribution in [2.75, 3.05) is 4.90 Å². The molecule has 352 valence electrons. The van der Waals surface area contributed by atoms with Gasteiger partial charge in [-0.3, -0.25) is 0 Å². The lowest BCUT2D eigenvalue weighted by atomic mass is 9.65. The summed E-state index contributed by atoms with van der Waals surface area (Å²) in [6.45, 7) is 14.1. The van der Waals surface area contributed by atoms with Gasteiger partial charge in [0.15, 0.2) is 0 Å². The zero-order valence-corrected chi connectivity index (χ0v) is 43.8. The lowest BCUT2D eigenvalue weighted by Gasteiger charge is -2.41. The van der Waals surface area contributed by atoms with Crippen LogP contribution in [-0.2, 0) is 21.7 Å². The highest BCUT2D eigenvalue weighted by molar-refractivity contribution is 7.99. The van der Waals surface area contributed by atoms with Gasteiger partial charge in [-0.15, -0.1) is 11.3 Å². The van der Waals surface area contributed by atoms with E-state index in [0.29, 0.717) is 0 Å². The highest BCUT2D eigenvalue weighted by Gasteiger charge is 2.52. The Balaban J connectivity index is 1.09. The predicted octanol–water partition coefficient (Wildman–Crippen LogP) is 19.3. The first-order valence-electron chi connectivity index (χ1n) is 25.7. The fourth-order valence-electron chi connectivity index (χ4n) is 12.9. The lowest BCUT2D eigenvalue weighted by molar-refractivity contribution is 0.581. The summed E-state index contributed by atoms with van der Waals surface area (Å²) in [4.78, 5) is 5.23. The molecule has 0 amide bonds. The Hall–Kier alpha value is -7.43. The van der Waals surface area contributed by atoms with E-state index in [-0.39, 0.29) is 10.8 Å². The first kappa shape index (κ1) is 44.3. The van der Waals surface area contributed by atoms with Gasteiger partial charge in [0.2, 0.25) is 0 Å². The SMILES string of the molecule is CC(C)(C)c1ccc2c(c1)C1(c3cc(C(C)(C)C)ccc3S2)c2ccccc2-c2ccc(N(c3ccc4c(c3)C(c3ccccc3)(c3ccccc3)c3ccccc3-4)c3cccc4c3sc3ccccc34)cc21. The number of rotatable bonds is 5. The zero-order chi connectivity index (χ0) is 49.4. The quantitative estimate of drug-likeness (QED) is 0.169. The highest BCUT2D eigenvalue weighted by atomic mass is 32.2. The molecule has 0 radical (unpaired) electrons. The molecule has 0 saturated carbocycles. The van der Waals surface area contributed by atoms with Crippen LogP contribution in [0.15, 0.2) is 234 Å². The molecule has 1 aliphatic heterocycles. The summed E-state index contributed by atoms with van der Waals surface area (Å²) in [5.74, 6) is 0. The molecule has 73 heavy (non-hydrogen) atoms. The van der Waals surface area contributed by atoms with Gasteiger partial charge >= 0.3 is 0 Å². The summed E-state index contributed by atoms with van der Waals surface area (Å²) in [6, 6.07) is 86.1. The van der Waals surface area contributed by atoms with E-state index in [2.05, 4.69) is 271 Å². The molecule has 1 aromatic heterocycles. The van der Waals surface area contributed by atoms with Crippen LogP contribution in [0.3, 0.4) is 0 Å². The van der Waals surface area contributed by atoms with E-state index in [4.69, 9.17) is 0 Å². The molecule has 0 atom stereocenters. The summed E-state index contributed by atoms with van der Waals surface area (Å²) < 4.78 is 2.57. The molecule has 3 heteroatoms. The van der Waals surface area contributed by atoms with Crippen LogP contribution in [0.25, 0.3) is 42.4 Å². The smallest absolute Gasteiger partial charge is 0.0736 e. The average Bonchev–Trinajstić information content (AvgIpc) is 4.04. The number of thiophene rings is 1. The number of hydrogen-bond donors (Lipinski definition) is 0. The number of anilines is 3. The van der Waals surface area contributed by atoms with Crippen molar-refractivity contribution >= 4 is 60.3 Å². The average molecular weight is 974 g/mol. The van der Waals surface area contributed by atoms with E-state index in [0.717, 1.165) is 11.4 Å². The van der Waals surface area contributed by atoms with Crippen molar-refractivity contribution in [3.63, 3.8) is 0 Å². The third-order valence-electron chi connectivity index (χ3n) is 16.3. The van der Waals surface area contributed by atoms with Crippen molar-refractivity contribution in [3.8, 4) is 22.3 Å². The predicted molar refractivity (Wildman–Crippen MR) is 310 cm³/mol. The molecule has 1 nitrogen and oxygen atoms in total. The molecule has 11 aromatic rings. The molecule has 0 unspecified atom stereocenters. The summed E-state index contributed by atoms with van der Waals surface area (Å²) in [7, 11) is 0. The molecule has 0 fully saturated rings. The molecule has 0 N–H and O–H groups in total. The molecule has 1 spiro atoms. The summed E-state index contributed by atoms with van der Waals surface area (Å²) in [5, 5.41) is 2.57. The van der Waals surface area contributed by atoms with Crippen LogP contribution in [0.2, 0.25) is 0 Å². The number of hydrogen-bond acceptors (Lipinski definition) is 3. The maximum absolute atomic E-state index is 2.59. The third-order valence-corrected chi connectivity index (χ3v) is 18.7. The van der Waals surface area contributed by atoms with Crippen molar-refractivity contribution in [2.24, 2.45) is 0 Å². The molecule has 14 rings (SSSR count). The number of benzene rings is 10. The van der Waals surface area contributed by atoms with E-state index in [1.165, 1.54) is 114 Å². The maximum atomic E-state index is 2.59. The molecule has 2 aliphatic carbocycles. The Labute approximate surface area is 437 Å². The Morgan fingerprint density at radius 2 is 0.822 bits per heavy atom.